The number of nitrogens with zero attached hydrogens (tertiary/aromatic N) is 2. The number of methoxy groups -OCH3 is 1. The summed E-state index contributed by atoms with van der Waals surface area (Å²) in [6.07, 6.45) is -0.724. The first-order valence-electron chi connectivity index (χ1n) is 11.1. The summed E-state index contributed by atoms with van der Waals surface area (Å²) in [5.41, 5.74) is 0.815. The zero-order chi connectivity index (χ0) is 29.3. The van der Waals surface area contributed by atoms with Crippen LogP contribution in [0.5, 0.6) is 0 Å². The summed E-state index contributed by atoms with van der Waals surface area (Å²) in [4.78, 5) is 38.6. The first-order chi connectivity index (χ1) is 18.9. The highest BCUT2D eigenvalue weighted by Crippen LogP contribution is 2.32. The lowest BCUT2D eigenvalue weighted by Gasteiger charge is -2.26. The summed E-state index contributed by atoms with van der Waals surface area (Å²) in [6, 6.07) is 8.07. The fourth-order valence-corrected chi connectivity index (χ4v) is 4.11. The lowest BCUT2D eigenvalue weighted by molar-refractivity contribution is -0.124. The number of ether oxygens (including phenoxy) is 1. The summed E-state index contributed by atoms with van der Waals surface area (Å²) in [6.45, 7) is 0. The average Bonchev–Trinajstić information content (AvgIpc) is 3.17. The van der Waals surface area contributed by atoms with E-state index in [0.29, 0.717) is 5.01 Å². The number of esters is 1. The number of hydrogen-bond donors (Lipinski definition) is 2. The summed E-state index contributed by atoms with van der Waals surface area (Å²) in [7, 11) is 1.18. The molecule has 0 aliphatic carbocycles. The molecule has 1 aliphatic heterocycles. The topological polar surface area (TPSA) is 91.0 Å². The zero-order valence-corrected chi connectivity index (χ0v) is 20.9. The lowest BCUT2D eigenvalue weighted by atomic mass is 10.1. The highest BCUT2D eigenvalue weighted by Gasteiger charge is 2.45. The van der Waals surface area contributed by atoms with Crippen molar-refractivity contribution in [3.63, 3.8) is 0 Å². The van der Waals surface area contributed by atoms with Crippen LogP contribution in [-0.4, -0.2) is 41.1 Å². The summed E-state index contributed by atoms with van der Waals surface area (Å²) in [5.74, 6) is -14.4. The molecular weight excluding hydrogens is 566 g/mol. The molecule has 15 heteroatoms. The molecule has 1 aliphatic rings. The van der Waals surface area contributed by atoms with Gasteiger partial charge in [0, 0.05) is 5.69 Å². The minimum absolute atomic E-state index is 0.00178. The van der Waals surface area contributed by atoms with Crippen molar-refractivity contribution < 1.29 is 45.5 Å². The normalized spacial score (nSPS) is 14.9. The molecule has 0 saturated carbocycles. The summed E-state index contributed by atoms with van der Waals surface area (Å²) in [5, 5.41) is 2.53. The van der Waals surface area contributed by atoms with Crippen LogP contribution < -0.4 is 15.6 Å². The highest BCUT2D eigenvalue weighted by atomic mass is 32.1. The van der Waals surface area contributed by atoms with Gasteiger partial charge < -0.3 is 10.1 Å². The molecule has 8 nitrogen and oxygen atoms in total. The third kappa shape index (κ3) is 5.27. The number of nitrogens with one attached hydrogen (secondary N) is 2. The monoisotopic (exact) mass is 582 g/mol. The van der Waals surface area contributed by atoms with Crippen LogP contribution in [0.15, 0.2) is 48.5 Å². The Labute approximate surface area is 227 Å². The van der Waals surface area contributed by atoms with Gasteiger partial charge in [-0.05, 0) is 60.7 Å². The number of benzene rings is 3. The van der Waals surface area contributed by atoms with Crippen molar-refractivity contribution in [2.75, 3.05) is 22.8 Å². The van der Waals surface area contributed by atoms with Crippen LogP contribution in [0.2, 0.25) is 0 Å². The van der Waals surface area contributed by atoms with E-state index in [-0.39, 0.29) is 16.9 Å². The van der Waals surface area contributed by atoms with Crippen LogP contribution in [0.4, 0.5) is 43.4 Å². The van der Waals surface area contributed by atoms with Gasteiger partial charge in [-0.1, -0.05) is 0 Å². The Morgan fingerprint density at radius 3 is 1.98 bits per heavy atom. The molecule has 1 heterocycles. The standard InChI is InChI=1S/C25H16F6N4O4S/c1-39-24(38)11-2-6-13(7-3-11)32-16(36)10-15-23(37)34(14-8-4-12(26)5-9-14)25(40)35(15)33-22-20(30)18(28)17(27)19(29)21(22)31/h2-9,15,33H,10H2,1H3,(H,32,36). The summed E-state index contributed by atoms with van der Waals surface area (Å²) < 4.78 is 88.1. The number of thiocarbonyl (C=S) groups is 1. The fourth-order valence-electron chi connectivity index (χ4n) is 3.75. The molecule has 1 saturated heterocycles. The number of amides is 2. The Bertz CT molecular complexity index is 1490. The molecule has 40 heavy (non-hydrogen) atoms. The molecule has 0 bridgehead atoms. The Morgan fingerprint density at radius 2 is 1.43 bits per heavy atom. The molecular formula is C25H16F6N4O4S. The fraction of sp³-hybridized carbons (Fsp3) is 0.120. The second-order valence-corrected chi connectivity index (χ2v) is 8.56. The van der Waals surface area contributed by atoms with Crippen molar-refractivity contribution in [3.8, 4) is 0 Å². The van der Waals surface area contributed by atoms with Gasteiger partial charge in [0.1, 0.15) is 17.5 Å². The number of carbonyl (C=O) groups is 3. The molecule has 0 radical (unpaired) electrons. The second kappa shape index (κ2) is 11.2. The van der Waals surface area contributed by atoms with E-state index in [4.69, 9.17) is 12.2 Å². The SMILES string of the molecule is COC(=O)c1ccc(NC(=O)CC2C(=O)N(c3ccc(F)cc3)C(=S)N2Nc2c(F)c(F)c(F)c(F)c2F)cc1. The molecule has 2 N–H and O–H groups in total. The van der Waals surface area contributed by atoms with Crippen LogP contribution in [0.1, 0.15) is 16.8 Å². The van der Waals surface area contributed by atoms with Gasteiger partial charge in [-0.2, -0.15) is 0 Å². The highest BCUT2D eigenvalue weighted by molar-refractivity contribution is 7.80. The number of anilines is 3. The maximum Gasteiger partial charge on any atom is 0.337 e. The quantitative estimate of drug-likeness (QED) is 0.138. The Balaban J connectivity index is 1.66. The molecule has 0 spiro atoms. The van der Waals surface area contributed by atoms with E-state index in [0.717, 1.165) is 29.2 Å². The molecule has 0 aromatic heterocycles. The van der Waals surface area contributed by atoms with E-state index in [1.54, 1.807) is 0 Å². The molecule has 1 fully saturated rings. The van der Waals surface area contributed by atoms with Crippen molar-refractivity contribution in [2.45, 2.75) is 12.5 Å². The van der Waals surface area contributed by atoms with Gasteiger partial charge in [-0.3, -0.25) is 19.9 Å². The van der Waals surface area contributed by atoms with E-state index in [9.17, 15) is 40.7 Å². The summed E-state index contributed by atoms with van der Waals surface area (Å²) >= 11 is 5.23. The number of carbonyl (C=O) groups excluding carboxylic acids is 3. The molecule has 1 unspecified atom stereocenters. The smallest absolute Gasteiger partial charge is 0.337 e. The number of hydrogen-bond acceptors (Lipinski definition) is 6. The minimum atomic E-state index is -2.40. The zero-order valence-electron chi connectivity index (χ0n) is 20.1. The maximum absolute atomic E-state index is 14.4. The molecule has 208 valence electrons. The van der Waals surface area contributed by atoms with Gasteiger partial charge in [0.2, 0.25) is 16.8 Å². The third-order valence-electron chi connectivity index (χ3n) is 5.71. The van der Waals surface area contributed by atoms with Crippen molar-refractivity contribution in [1.82, 2.24) is 5.01 Å². The van der Waals surface area contributed by atoms with Crippen molar-refractivity contribution in [3.05, 3.63) is 89.0 Å². The number of hydrazine groups is 1. The van der Waals surface area contributed by atoms with Gasteiger partial charge >= 0.3 is 5.97 Å². The van der Waals surface area contributed by atoms with E-state index in [1.807, 2.05) is 5.43 Å². The minimum Gasteiger partial charge on any atom is -0.465 e. The van der Waals surface area contributed by atoms with E-state index in [2.05, 4.69) is 10.1 Å². The number of halogens is 6. The third-order valence-corrected chi connectivity index (χ3v) is 6.09. The van der Waals surface area contributed by atoms with Crippen molar-refractivity contribution >= 4 is 52.2 Å². The van der Waals surface area contributed by atoms with Crippen LogP contribution in [0.25, 0.3) is 0 Å². The Morgan fingerprint density at radius 1 is 0.875 bits per heavy atom. The van der Waals surface area contributed by atoms with Gasteiger partial charge in [-0.15, -0.1) is 0 Å². The van der Waals surface area contributed by atoms with Crippen molar-refractivity contribution in [1.29, 1.82) is 0 Å². The first-order valence-corrected chi connectivity index (χ1v) is 11.5. The molecule has 3 aromatic carbocycles. The first kappa shape index (κ1) is 28.4. The van der Waals surface area contributed by atoms with Crippen LogP contribution in [-0.2, 0) is 14.3 Å². The van der Waals surface area contributed by atoms with Gasteiger partial charge in [-0.25, -0.2) is 36.1 Å². The average molecular weight is 582 g/mol. The predicted molar refractivity (Wildman–Crippen MR) is 133 cm³/mol. The van der Waals surface area contributed by atoms with Gasteiger partial charge in [0.25, 0.3) is 5.91 Å². The van der Waals surface area contributed by atoms with E-state index in [1.165, 1.54) is 31.4 Å². The Kier molecular flexibility index (Phi) is 7.95. The van der Waals surface area contributed by atoms with E-state index < -0.39 is 75.9 Å². The van der Waals surface area contributed by atoms with E-state index >= 15 is 0 Å². The molecule has 4 rings (SSSR count). The molecule has 1 atom stereocenters. The van der Waals surface area contributed by atoms with Crippen LogP contribution >= 0.6 is 12.2 Å². The van der Waals surface area contributed by atoms with Gasteiger partial charge in [0.05, 0.1) is 24.8 Å². The van der Waals surface area contributed by atoms with Crippen molar-refractivity contribution in [2.24, 2.45) is 0 Å². The largest absolute Gasteiger partial charge is 0.465 e. The second-order valence-electron chi connectivity index (χ2n) is 8.20. The van der Waals surface area contributed by atoms with Gasteiger partial charge in [0.15, 0.2) is 23.3 Å². The molecule has 3 aromatic rings. The van der Waals surface area contributed by atoms with Crippen LogP contribution in [0.3, 0.4) is 0 Å². The Hall–Kier alpha value is -4.66. The van der Waals surface area contributed by atoms with Crippen LogP contribution in [0, 0.1) is 34.9 Å². The number of rotatable bonds is 7. The lowest BCUT2D eigenvalue weighted by Crippen LogP contribution is -2.42. The molecule has 2 amide bonds. The maximum atomic E-state index is 14.4. The predicted octanol–water partition coefficient (Wildman–Crippen LogP) is 4.67.